The molecule has 0 unspecified atom stereocenters. The number of likely N-dealkylation sites (N-methyl/N-ethyl adjacent to an activating group) is 2. The van der Waals surface area contributed by atoms with Crippen molar-refractivity contribution in [3.8, 4) is 16.3 Å². The van der Waals surface area contributed by atoms with E-state index >= 15 is 0 Å². The van der Waals surface area contributed by atoms with Crippen molar-refractivity contribution >= 4 is 22.4 Å². The highest BCUT2D eigenvalue weighted by Crippen LogP contribution is 2.40. The van der Waals surface area contributed by atoms with E-state index in [1.807, 2.05) is 70.2 Å². The number of nitrogens with two attached hydrogens (primary N) is 1. The van der Waals surface area contributed by atoms with Gasteiger partial charge >= 0.3 is 5.97 Å². The zero-order valence-corrected chi connectivity index (χ0v) is 46.6. The molecule has 2 aromatic heterocycles. The van der Waals surface area contributed by atoms with Crippen LogP contribution in [-0.2, 0) is 46.2 Å². The number of rotatable bonds is 16. The van der Waals surface area contributed by atoms with Gasteiger partial charge in [-0.15, -0.1) is 15.3 Å². The van der Waals surface area contributed by atoms with E-state index in [0.29, 0.717) is 50.6 Å². The average molecular weight is 1060 g/mol. The fourth-order valence-electron chi connectivity index (χ4n) is 11.1. The SMILES string of the molecule is CC[C@H]1OC(=O)[C@H](C)[C@@H](O[C@H]2C[C@@](C)(OC)[C@@H](O)[C@H](C)O2)[C@H](C)[C@@H](O[C@@H]2O[C@H](C)C[C@H](N(C)CCc3cn(CCCOc4ccc(-c5nnc(N)s5)cc4)nn3)[C@H]2O)[C@](C)(O)C[C@@H](C)CN(C)[C@H](C)[C@@H](O)[C@]1(C)O. The topological polar surface area (TPSA) is 272 Å². The first-order chi connectivity index (χ1) is 34.8. The molecule has 0 saturated carbocycles. The van der Waals surface area contributed by atoms with Crippen LogP contribution in [0.5, 0.6) is 5.75 Å². The number of carbonyl (C=O) groups excluding carboxylic acids is 1. The molecule has 3 saturated heterocycles. The Morgan fingerprint density at radius 3 is 2.31 bits per heavy atom. The molecule has 1 aromatic carbocycles. The van der Waals surface area contributed by atoms with Crippen LogP contribution in [0.2, 0.25) is 0 Å². The normalized spacial score (nSPS) is 38.3. The van der Waals surface area contributed by atoms with Crippen LogP contribution in [0.4, 0.5) is 5.13 Å². The second kappa shape index (κ2) is 25.3. The lowest BCUT2D eigenvalue weighted by Gasteiger charge is -2.49. The van der Waals surface area contributed by atoms with Crippen LogP contribution in [0.1, 0.15) is 107 Å². The average Bonchev–Trinajstić information content (AvgIpc) is 4.01. The number of aromatic nitrogens is 5. The number of methoxy groups -OCH3 is 1. The first-order valence-corrected chi connectivity index (χ1v) is 27.1. The van der Waals surface area contributed by atoms with E-state index in [1.165, 1.54) is 25.4 Å². The number of nitrogen functional groups attached to an aromatic ring is 1. The zero-order chi connectivity index (χ0) is 54.4. The molecule has 0 bridgehead atoms. The molecular formula is C52H86N8O13S. The van der Waals surface area contributed by atoms with Crippen molar-refractivity contribution in [3.05, 3.63) is 36.2 Å². The molecule has 74 heavy (non-hydrogen) atoms. The summed E-state index contributed by atoms with van der Waals surface area (Å²) in [6.45, 7) is 19.6. The van der Waals surface area contributed by atoms with Gasteiger partial charge in [0.1, 0.15) is 40.8 Å². The molecule has 21 nitrogen and oxygen atoms in total. The molecule has 0 aliphatic carbocycles. The minimum Gasteiger partial charge on any atom is -0.494 e. The van der Waals surface area contributed by atoms with Gasteiger partial charge in [-0.25, -0.2) is 0 Å². The summed E-state index contributed by atoms with van der Waals surface area (Å²) < 4.78 is 46.1. The highest BCUT2D eigenvalue weighted by atomic mass is 32.1. The smallest absolute Gasteiger partial charge is 0.311 e. The van der Waals surface area contributed by atoms with Crippen LogP contribution in [0.3, 0.4) is 0 Å². The molecule has 22 heteroatoms. The van der Waals surface area contributed by atoms with Crippen LogP contribution in [-0.4, -0.2) is 198 Å². The van der Waals surface area contributed by atoms with Crippen molar-refractivity contribution in [2.45, 2.75) is 205 Å². The molecule has 18 atom stereocenters. The van der Waals surface area contributed by atoms with Gasteiger partial charge in [-0.1, -0.05) is 37.3 Å². The Labute approximate surface area is 440 Å². The number of hydrogen-bond acceptors (Lipinski definition) is 21. The van der Waals surface area contributed by atoms with E-state index in [-0.39, 0.29) is 31.3 Å². The molecule has 3 aromatic rings. The summed E-state index contributed by atoms with van der Waals surface area (Å²) in [6, 6.07) is 6.65. The Bertz CT molecular complexity index is 2220. The number of nitrogens with zero attached hydrogens (tertiary/aromatic N) is 7. The summed E-state index contributed by atoms with van der Waals surface area (Å²) in [5.41, 5.74) is 2.91. The molecule has 0 radical (unpaired) electrons. The van der Waals surface area contributed by atoms with Crippen LogP contribution in [0.25, 0.3) is 10.6 Å². The van der Waals surface area contributed by atoms with Gasteiger partial charge in [0.15, 0.2) is 12.6 Å². The maximum Gasteiger partial charge on any atom is 0.311 e. The Kier molecular flexibility index (Phi) is 20.4. The molecule has 7 N–H and O–H groups in total. The van der Waals surface area contributed by atoms with Gasteiger partial charge in [0.2, 0.25) is 5.13 Å². The third kappa shape index (κ3) is 14.3. The van der Waals surface area contributed by atoms with Crippen molar-refractivity contribution in [3.63, 3.8) is 0 Å². The Balaban J connectivity index is 1.18. The number of carbonyl (C=O) groups is 1. The van der Waals surface area contributed by atoms with Crippen LogP contribution in [0, 0.1) is 17.8 Å². The minimum absolute atomic E-state index is 0.101. The molecule has 6 rings (SSSR count). The van der Waals surface area contributed by atoms with Gasteiger partial charge in [-0.2, -0.15) is 0 Å². The maximum absolute atomic E-state index is 14.5. The van der Waals surface area contributed by atoms with E-state index < -0.39 is 102 Å². The number of cyclic esters (lactones) is 1. The second-order valence-corrected chi connectivity index (χ2v) is 23.1. The lowest BCUT2D eigenvalue weighted by molar-refractivity contribution is -0.318. The third-order valence-electron chi connectivity index (χ3n) is 15.8. The highest BCUT2D eigenvalue weighted by molar-refractivity contribution is 7.18. The number of aliphatic hydroxyl groups is 5. The summed E-state index contributed by atoms with van der Waals surface area (Å²) in [4.78, 5) is 18.5. The van der Waals surface area contributed by atoms with Crippen LogP contribution >= 0.6 is 11.3 Å². The van der Waals surface area contributed by atoms with E-state index in [1.54, 1.807) is 46.2 Å². The lowest BCUT2D eigenvalue weighted by atomic mass is 9.77. The van der Waals surface area contributed by atoms with E-state index in [0.717, 1.165) is 22.0 Å². The molecule has 3 fully saturated rings. The number of anilines is 1. The van der Waals surface area contributed by atoms with Crippen molar-refractivity contribution in [2.75, 3.05) is 46.6 Å². The summed E-state index contributed by atoms with van der Waals surface area (Å²) in [6.07, 6.45) is -5.86. The predicted octanol–water partition coefficient (Wildman–Crippen LogP) is 3.67. The molecular weight excluding hydrogens is 977 g/mol. The highest BCUT2D eigenvalue weighted by Gasteiger charge is 2.53. The number of esters is 1. The molecule has 3 aliphatic rings. The zero-order valence-electron chi connectivity index (χ0n) is 45.7. The fourth-order valence-corrected chi connectivity index (χ4v) is 11.8. The molecule has 0 amide bonds. The third-order valence-corrected chi connectivity index (χ3v) is 16.6. The molecule has 3 aliphatic heterocycles. The quantitative estimate of drug-likeness (QED) is 0.0882. The minimum atomic E-state index is -1.84. The molecule has 5 heterocycles. The fraction of sp³-hybridized carbons (Fsp3) is 0.788. The van der Waals surface area contributed by atoms with E-state index in [4.69, 9.17) is 38.9 Å². The lowest BCUT2D eigenvalue weighted by Crippen LogP contribution is -2.61. The Morgan fingerprint density at radius 2 is 1.66 bits per heavy atom. The van der Waals surface area contributed by atoms with Gasteiger partial charge in [-0.3, -0.25) is 9.48 Å². The van der Waals surface area contributed by atoms with Gasteiger partial charge in [-0.05, 0) is 112 Å². The van der Waals surface area contributed by atoms with Crippen molar-refractivity contribution in [2.24, 2.45) is 17.8 Å². The summed E-state index contributed by atoms with van der Waals surface area (Å²) in [5.74, 6) is -2.04. The monoisotopic (exact) mass is 1060 g/mol. The van der Waals surface area contributed by atoms with Gasteiger partial charge < -0.3 is 74.2 Å². The standard InChI is InChI=1S/C52H86N8O13S/c1-14-39-52(10,66)43(62)33(6)59(12)27-29(2)25-50(8,65)45(31(4)42(32(5)47(64)71-39)72-40-26-51(9,67-13)44(63)34(7)70-40)73-48-41(61)38(24-30(3)69-48)58(11)22-20-36-28-60(57-54-36)21-15-23-68-37-18-16-35(17-19-37)46-55-56-49(53)74-46/h16-19,28-34,38-45,48,61-63,65-66H,14-15,20-27H2,1-13H3,(H2,53,56)/t29-,30-,31+,32-,33-,34+,38+,39-,40+,41-,42+,43-,44+,45-,48+,50-,51-,52-/m1/s1. The van der Waals surface area contributed by atoms with Crippen LogP contribution in [0.15, 0.2) is 30.5 Å². The summed E-state index contributed by atoms with van der Waals surface area (Å²) in [7, 11) is 5.28. The first-order valence-electron chi connectivity index (χ1n) is 26.3. The van der Waals surface area contributed by atoms with Gasteiger partial charge in [0, 0.05) is 75.8 Å². The number of aliphatic hydroxyl groups excluding tert-OH is 3. The number of aryl methyl sites for hydroxylation is 1. The van der Waals surface area contributed by atoms with Gasteiger partial charge in [0.25, 0.3) is 0 Å². The maximum atomic E-state index is 14.5. The van der Waals surface area contributed by atoms with Crippen LogP contribution < -0.4 is 10.5 Å². The van der Waals surface area contributed by atoms with Crippen molar-refractivity contribution < 1.29 is 63.5 Å². The predicted molar refractivity (Wildman–Crippen MR) is 277 cm³/mol. The number of benzene rings is 1. The second-order valence-electron chi connectivity index (χ2n) is 22.1. The largest absolute Gasteiger partial charge is 0.494 e. The first kappa shape index (κ1) is 59.7. The number of ether oxygens (including phenoxy) is 7. The summed E-state index contributed by atoms with van der Waals surface area (Å²) >= 11 is 1.33. The summed E-state index contributed by atoms with van der Waals surface area (Å²) in [5, 5.41) is 77.6. The molecule has 418 valence electrons. The molecule has 0 spiro atoms. The van der Waals surface area contributed by atoms with Crippen molar-refractivity contribution in [1.29, 1.82) is 0 Å². The Morgan fingerprint density at radius 1 is 0.959 bits per heavy atom. The van der Waals surface area contributed by atoms with E-state index in [9.17, 15) is 30.3 Å². The van der Waals surface area contributed by atoms with E-state index in [2.05, 4.69) is 25.4 Å². The Hall–Kier alpha value is -3.49. The van der Waals surface area contributed by atoms with Gasteiger partial charge in [0.05, 0.1) is 53.8 Å². The van der Waals surface area contributed by atoms with Crippen molar-refractivity contribution in [1.82, 2.24) is 35.0 Å². The number of hydrogen-bond donors (Lipinski definition) is 6.